The van der Waals surface area contributed by atoms with E-state index in [1.54, 1.807) is 12.1 Å². The smallest absolute Gasteiger partial charge is 0.267 e. The predicted octanol–water partition coefficient (Wildman–Crippen LogP) is 8.46. The molecule has 8 aromatic rings. The summed E-state index contributed by atoms with van der Waals surface area (Å²) in [5, 5.41) is 1.59. The molecule has 4 aromatic heterocycles. The lowest BCUT2D eigenvalue weighted by molar-refractivity contribution is 0.0981. The molecule has 0 saturated heterocycles. The van der Waals surface area contributed by atoms with Gasteiger partial charge in [-0.25, -0.2) is 28.7 Å². The zero-order valence-corrected chi connectivity index (χ0v) is 33.1. The molecule has 2 amide bonds. The third-order valence-electron chi connectivity index (χ3n) is 9.80. The van der Waals surface area contributed by atoms with Crippen molar-refractivity contribution in [3.63, 3.8) is 0 Å². The van der Waals surface area contributed by atoms with Gasteiger partial charge in [0.2, 0.25) is 11.8 Å². The van der Waals surface area contributed by atoms with Crippen LogP contribution in [-0.2, 0) is 0 Å². The topological polar surface area (TPSA) is 147 Å². The van der Waals surface area contributed by atoms with E-state index in [9.17, 15) is 9.59 Å². The Kier molecular flexibility index (Phi) is 11.1. The van der Waals surface area contributed by atoms with E-state index >= 15 is 8.78 Å². The van der Waals surface area contributed by atoms with Gasteiger partial charge in [0.05, 0.1) is 35.5 Å². The Morgan fingerprint density at radius 2 is 1.07 bits per heavy atom. The third-order valence-corrected chi connectivity index (χ3v) is 10.1. The summed E-state index contributed by atoms with van der Waals surface area (Å²) < 4.78 is 45.1. The van der Waals surface area contributed by atoms with E-state index < -0.39 is 23.4 Å². The fraction of sp³-hybridized carbons (Fsp3) is 0.136. The van der Waals surface area contributed by atoms with Crippen molar-refractivity contribution in [2.75, 3.05) is 41.8 Å². The Bertz CT molecular complexity index is 2680. The highest BCUT2D eigenvalue weighted by Gasteiger charge is 2.32. The molecule has 60 heavy (non-hydrogen) atoms. The first-order valence-electron chi connectivity index (χ1n) is 19.0. The zero-order valence-electron chi connectivity index (χ0n) is 32.3. The predicted molar refractivity (Wildman–Crippen MR) is 226 cm³/mol. The summed E-state index contributed by atoms with van der Waals surface area (Å²) in [7, 11) is 0. The van der Waals surface area contributed by atoms with E-state index in [1.165, 1.54) is 34.6 Å². The van der Waals surface area contributed by atoms with E-state index in [4.69, 9.17) is 26.8 Å². The number of para-hydroxylation sites is 2. The number of nitrogens with two attached hydrogens (primary N) is 1. The van der Waals surface area contributed by atoms with Crippen molar-refractivity contribution in [3.8, 4) is 23.1 Å². The number of anilines is 3. The lowest BCUT2D eigenvalue weighted by Crippen LogP contribution is -2.33. The summed E-state index contributed by atoms with van der Waals surface area (Å²) >= 11 is 6.09. The molecule has 0 saturated carbocycles. The second-order valence-corrected chi connectivity index (χ2v) is 13.5. The average Bonchev–Trinajstić information content (AvgIpc) is 3.77. The van der Waals surface area contributed by atoms with E-state index in [1.807, 2.05) is 108 Å². The SMILES string of the molecule is CC.Nc1ncnc2c1C(=O)N(c1cc3ccn(-c4ccccc4)c3cc1F)CCO2.O=C1c2c(Cl)ncnc2OCCN1c1cc2ccn(-c3ccccc3)c2cc1F. The number of nitrogens with zero attached hydrogens (tertiary/aromatic N) is 8. The van der Waals surface area contributed by atoms with Crippen LogP contribution in [0.1, 0.15) is 34.6 Å². The molecule has 10 rings (SSSR count). The van der Waals surface area contributed by atoms with E-state index in [0.29, 0.717) is 11.0 Å². The van der Waals surface area contributed by atoms with Crippen LogP contribution in [0.2, 0.25) is 5.15 Å². The molecular formula is C44H36ClF2N9O4. The van der Waals surface area contributed by atoms with Crippen LogP contribution in [0.3, 0.4) is 0 Å². The van der Waals surface area contributed by atoms with Gasteiger partial charge in [-0.15, -0.1) is 0 Å². The molecule has 0 unspecified atom stereocenters. The fourth-order valence-electron chi connectivity index (χ4n) is 7.06. The third kappa shape index (κ3) is 7.30. The van der Waals surface area contributed by atoms with Gasteiger partial charge in [-0.1, -0.05) is 61.8 Å². The molecule has 302 valence electrons. The van der Waals surface area contributed by atoms with Crippen molar-refractivity contribution in [3.05, 3.63) is 150 Å². The molecular weight excluding hydrogens is 792 g/mol. The summed E-state index contributed by atoms with van der Waals surface area (Å²) in [6, 6.07) is 29.3. The Hall–Kier alpha value is -7.39. The second kappa shape index (κ2) is 16.8. The van der Waals surface area contributed by atoms with Crippen molar-refractivity contribution in [1.82, 2.24) is 29.1 Å². The number of nitrogen functional groups attached to an aromatic ring is 1. The number of carbonyl (C=O) groups is 2. The number of aromatic nitrogens is 6. The molecule has 13 nitrogen and oxygen atoms in total. The molecule has 0 aliphatic carbocycles. The van der Waals surface area contributed by atoms with Gasteiger partial charge >= 0.3 is 0 Å². The molecule has 4 aromatic carbocycles. The van der Waals surface area contributed by atoms with Crippen molar-refractivity contribution >= 4 is 62.4 Å². The molecule has 6 heterocycles. The van der Waals surface area contributed by atoms with Gasteiger partial charge in [0, 0.05) is 46.7 Å². The highest BCUT2D eigenvalue weighted by atomic mass is 35.5. The minimum absolute atomic E-state index is 0.00335. The molecule has 0 spiro atoms. The lowest BCUT2D eigenvalue weighted by Gasteiger charge is -2.21. The Morgan fingerprint density at radius 1 is 0.617 bits per heavy atom. The summed E-state index contributed by atoms with van der Waals surface area (Å²) in [4.78, 5) is 44.5. The first-order chi connectivity index (χ1) is 29.3. The average molecular weight is 828 g/mol. The monoisotopic (exact) mass is 827 g/mol. The molecule has 16 heteroatoms. The van der Waals surface area contributed by atoms with Crippen LogP contribution in [-0.4, -0.2) is 67.2 Å². The van der Waals surface area contributed by atoms with Crippen LogP contribution in [0.5, 0.6) is 11.8 Å². The normalized spacial score (nSPS) is 13.5. The largest absolute Gasteiger partial charge is 0.475 e. The summed E-state index contributed by atoms with van der Waals surface area (Å²) in [6.45, 7) is 4.65. The number of hydrogen-bond donors (Lipinski definition) is 1. The van der Waals surface area contributed by atoms with Crippen LogP contribution in [0.4, 0.5) is 26.0 Å². The number of halogens is 3. The van der Waals surface area contributed by atoms with Gasteiger partial charge in [0.25, 0.3) is 11.8 Å². The van der Waals surface area contributed by atoms with Crippen LogP contribution in [0.25, 0.3) is 33.2 Å². The van der Waals surface area contributed by atoms with Crippen LogP contribution in [0, 0.1) is 11.6 Å². The molecule has 2 N–H and O–H groups in total. The van der Waals surface area contributed by atoms with Gasteiger partial charge in [0.1, 0.15) is 59.6 Å². The fourth-order valence-corrected chi connectivity index (χ4v) is 7.27. The molecule has 2 aliphatic rings. The Labute approximate surface area is 347 Å². The maximum atomic E-state index is 15.1. The number of rotatable bonds is 4. The zero-order chi connectivity index (χ0) is 41.9. The first kappa shape index (κ1) is 39.4. The Morgan fingerprint density at radius 3 is 1.57 bits per heavy atom. The van der Waals surface area contributed by atoms with Gasteiger partial charge in [-0.05, 0) is 48.5 Å². The summed E-state index contributed by atoms with van der Waals surface area (Å²) in [6.07, 6.45) is 6.20. The number of ether oxygens (including phenoxy) is 2. The highest BCUT2D eigenvalue weighted by Crippen LogP contribution is 2.35. The minimum Gasteiger partial charge on any atom is -0.475 e. The standard InChI is InChI=1S/C21H14ClFN4O2.C21H16FN5O2.C2H6/c22-19-18-20(25-12-24-19)29-9-8-27(21(18)28)17-10-13-6-7-26(16(13)11-15(17)23)14-4-2-1-3-5-14;22-15-11-16-13(6-7-26(16)14-4-2-1-3-5-14)10-17(15)27-8-9-29-20-18(21(27)28)19(23)24-12-25-20;1-2/h1-7,10-12H,8-9H2;1-7,10-12H,8-9H2,(H2,23,24,25);1-2H3. The number of benzene rings is 4. The van der Waals surface area contributed by atoms with Crippen LogP contribution >= 0.6 is 11.6 Å². The van der Waals surface area contributed by atoms with E-state index in [-0.39, 0.29) is 71.5 Å². The molecule has 0 radical (unpaired) electrons. The van der Waals surface area contributed by atoms with Crippen molar-refractivity contribution in [2.24, 2.45) is 0 Å². The van der Waals surface area contributed by atoms with E-state index in [0.717, 1.165) is 22.1 Å². The van der Waals surface area contributed by atoms with Crippen molar-refractivity contribution in [2.45, 2.75) is 13.8 Å². The van der Waals surface area contributed by atoms with Crippen molar-refractivity contribution in [1.29, 1.82) is 0 Å². The minimum atomic E-state index is -0.516. The summed E-state index contributed by atoms with van der Waals surface area (Å²) in [5.41, 5.74) is 9.52. The number of carbonyl (C=O) groups excluding carboxylic acids is 2. The quantitative estimate of drug-likeness (QED) is 0.173. The van der Waals surface area contributed by atoms with Crippen LogP contribution < -0.4 is 25.0 Å². The first-order valence-corrected chi connectivity index (χ1v) is 19.4. The Balaban J connectivity index is 0.000000160. The lowest BCUT2D eigenvalue weighted by atomic mass is 10.1. The highest BCUT2D eigenvalue weighted by molar-refractivity contribution is 6.33. The molecule has 2 aliphatic heterocycles. The molecule has 0 bridgehead atoms. The summed E-state index contributed by atoms with van der Waals surface area (Å²) in [5.74, 6) is -1.79. The van der Waals surface area contributed by atoms with Gasteiger partial charge in [-0.3, -0.25) is 9.59 Å². The maximum absolute atomic E-state index is 15.1. The van der Waals surface area contributed by atoms with Gasteiger partial charge < -0.3 is 34.1 Å². The second-order valence-electron chi connectivity index (χ2n) is 13.2. The van der Waals surface area contributed by atoms with Crippen LogP contribution in [0.15, 0.2) is 122 Å². The molecule has 0 atom stereocenters. The van der Waals surface area contributed by atoms with Gasteiger partial charge in [-0.2, -0.15) is 0 Å². The maximum Gasteiger partial charge on any atom is 0.267 e. The molecule has 0 fully saturated rings. The van der Waals surface area contributed by atoms with Crippen molar-refractivity contribution < 1.29 is 27.8 Å². The van der Waals surface area contributed by atoms with Gasteiger partial charge in [0.15, 0.2) is 0 Å². The number of hydrogen-bond acceptors (Lipinski definition) is 9. The number of amides is 2. The van der Waals surface area contributed by atoms with E-state index in [2.05, 4.69) is 19.9 Å². The number of fused-ring (bicyclic) bond motifs is 4.